The average molecular weight is 541 g/mol. The fourth-order valence-corrected chi connectivity index (χ4v) is 5.58. The van der Waals surface area contributed by atoms with Gasteiger partial charge in [-0.15, -0.1) is 0 Å². The fraction of sp³-hybridized carbons (Fsp3) is 0.194. The van der Waals surface area contributed by atoms with Crippen molar-refractivity contribution >= 4 is 37.6 Å². The van der Waals surface area contributed by atoms with Gasteiger partial charge in [0.25, 0.3) is 5.56 Å². The van der Waals surface area contributed by atoms with E-state index in [2.05, 4.69) is 44.0 Å². The molecule has 1 aromatic heterocycles. The first kappa shape index (κ1) is 24.4. The third-order valence-electron chi connectivity index (χ3n) is 6.95. The number of fused-ring (bicyclic) bond motifs is 2. The van der Waals surface area contributed by atoms with Crippen molar-refractivity contribution in [3.8, 4) is 0 Å². The number of aromatic nitrogens is 1. The number of hydrogen-bond donors (Lipinski definition) is 2. The predicted molar refractivity (Wildman–Crippen MR) is 152 cm³/mol. The molecule has 0 aliphatic rings. The van der Waals surface area contributed by atoms with E-state index in [0.717, 1.165) is 37.3 Å². The molecule has 182 valence electrons. The second-order valence-corrected chi connectivity index (χ2v) is 10.5. The van der Waals surface area contributed by atoms with Gasteiger partial charge in [-0.25, -0.2) is 0 Å². The van der Waals surface area contributed by atoms with Crippen LogP contribution in [0.1, 0.15) is 29.0 Å². The molecule has 0 saturated carbocycles. The van der Waals surface area contributed by atoms with E-state index in [1.807, 2.05) is 93.0 Å². The minimum atomic E-state index is -1.35. The summed E-state index contributed by atoms with van der Waals surface area (Å²) >= 11 is 3.55. The largest absolute Gasteiger partial charge is 0.384 e. The molecule has 0 bridgehead atoms. The van der Waals surface area contributed by atoms with Gasteiger partial charge in [0.2, 0.25) is 0 Å². The van der Waals surface area contributed by atoms with Crippen LogP contribution in [0.2, 0.25) is 0 Å². The third-order valence-corrected chi connectivity index (χ3v) is 7.45. The van der Waals surface area contributed by atoms with Crippen molar-refractivity contribution in [2.75, 3.05) is 20.6 Å². The number of hydrogen-bond acceptors (Lipinski definition) is 3. The maximum Gasteiger partial charge on any atom is 0.252 e. The van der Waals surface area contributed by atoms with Crippen LogP contribution in [0.5, 0.6) is 0 Å². The van der Waals surface area contributed by atoms with E-state index in [1.165, 1.54) is 0 Å². The van der Waals surface area contributed by atoms with E-state index in [4.69, 9.17) is 0 Å². The standard InChI is InChI=1S/C31H29BrN2O2/c1-34(2)18-17-31(36,27-14-8-12-21-9-6-7-13-25(21)27)29(22-10-4-3-5-11-22)26-20-23-19-24(32)15-16-28(23)33-30(26)35/h3-16,19-20,29,36H,17-18H2,1-2H3,(H,33,35)/t29-,31-/m0/s1. The summed E-state index contributed by atoms with van der Waals surface area (Å²) in [6, 6.07) is 31.8. The molecule has 0 amide bonds. The number of H-pyrrole nitrogens is 1. The zero-order valence-electron chi connectivity index (χ0n) is 20.4. The van der Waals surface area contributed by atoms with Crippen molar-refractivity contribution in [2.24, 2.45) is 0 Å². The Morgan fingerprint density at radius 3 is 2.39 bits per heavy atom. The lowest BCUT2D eigenvalue weighted by molar-refractivity contribution is 0.00556. The lowest BCUT2D eigenvalue weighted by Gasteiger charge is -2.39. The summed E-state index contributed by atoms with van der Waals surface area (Å²) < 4.78 is 0.932. The van der Waals surface area contributed by atoms with Crippen LogP contribution in [0.15, 0.2) is 106 Å². The lowest BCUT2D eigenvalue weighted by atomic mass is 9.70. The first-order valence-corrected chi connectivity index (χ1v) is 12.9. The summed E-state index contributed by atoms with van der Waals surface area (Å²) in [5.74, 6) is -0.586. The van der Waals surface area contributed by atoms with Crippen LogP contribution in [0.3, 0.4) is 0 Å². The first-order valence-electron chi connectivity index (χ1n) is 12.1. The van der Waals surface area contributed by atoms with E-state index in [9.17, 15) is 9.90 Å². The van der Waals surface area contributed by atoms with E-state index in [0.29, 0.717) is 18.5 Å². The summed E-state index contributed by atoms with van der Waals surface area (Å²) in [5, 5.41) is 15.8. The number of aliphatic hydroxyl groups is 1. The molecule has 0 aliphatic heterocycles. The number of nitrogens with zero attached hydrogens (tertiary/aromatic N) is 1. The van der Waals surface area contributed by atoms with Gasteiger partial charge in [0.1, 0.15) is 5.60 Å². The van der Waals surface area contributed by atoms with Gasteiger partial charge < -0.3 is 15.0 Å². The van der Waals surface area contributed by atoms with Crippen LogP contribution in [-0.2, 0) is 5.60 Å². The normalized spacial score (nSPS) is 14.2. The van der Waals surface area contributed by atoms with Gasteiger partial charge in [0.05, 0.1) is 0 Å². The Labute approximate surface area is 219 Å². The number of nitrogens with one attached hydrogen (secondary N) is 1. The maximum atomic E-state index is 13.6. The second kappa shape index (κ2) is 10.0. The summed E-state index contributed by atoms with van der Waals surface area (Å²) in [6.07, 6.45) is 0.448. The van der Waals surface area contributed by atoms with Gasteiger partial charge in [0, 0.05) is 28.0 Å². The van der Waals surface area contributed by atoms with E-state index in [1.54, 1.807) is 0 Å². The molecular weight excluding hydrogens is 512 g/mol. The van der Waals surface area contributed by atoms with Crippen LogP contribution < -0.4 is 5.56 Å². The zero-order chi connectivity index (χ0) is 25.3. The molecule has 0 radical (unpaired) electrons. The molecule has 0 spiro atoms. The monoisotopic (exact) mass is 540 g/mol. The Kier molecular flexibility index (Phi) is 6.80. The highest BCUT2D eigenvalue weighted by Gasteiger charge is 2.42. The van der Waals surface area contributed by atoms with E-state index >= 15 is 0 Å². The number of aromatic amines is 1. The quantitative estimate of drug-likeness (QED) is 0.250. The Hall–Kier alpha value is -3.25. The van der Waals surface area contributed by atoms with Crippen LogP contribution in [-0.4, -0.2) is 35.6 Å². The number of benzene rings is 4. The topological polar surface area (TPSA) is 56.3 Å². The summed E-state index contributed by atoms with van der Waals surface area (Å²) in [7, 11) is 4.00. The van der Waals surface area contributed by atoms with E-state index in [-0.39, 0.29) is 5.56 Å². The molecule has 36 heavy (non-hydrogen) atoms. The van der Waals surface area contributed by atoms with Crippen molar-refractivity contribution in [1.82, 2.24) is 9.88 Å². The Morgan fingerprint density at radius 1 is 0.889 bits per heavy atom. The number of rotatable bonds is 7. The van der Waals surface area contributed by atoms with Crippen molar-refractivity contribution < 1.29 is 5.11 Å². The van der Waals surface area contributed by atoms with E-state index < -0.39 is 11.5 Å². The van der Waals surface area contributed by atoms with Gasteiger partial charge in [-0.3, -0.25) is 4.79 Å². The van der Waals surface area contributed by atoms with Gasteiger partial charge in [-0.1, -0.05) is 88.7 Å². The minimum absolute atomic E-state index is 0.192. The highest BCUT2D eigenvalue weighted by Crippen LogP contribution is 2.46. The first-order chi connectivity index (χ1) is 17.4. The molecule has 5 rings (SSSR count). The zero-order valence-corrected chi connectivity index (χ0v) is 22.0. The highest BCUT2D eigenvalue weighted by atomic mass is 79.9. The summed E-state index contributed by atoms with van der Waals surface area (Å²) in [4.78, 5) is 18.8. The predicted octanol–water partition coefficient (Wildman–Crippen LogP) is 6.42. The van der Waals surface area contributed by atoms with Gasteiger partial charge in [-0.2, -0.15) is 0 Å². The summed E-state index contributed by atoms with van der Waals surface area (Å²) in [6.45, 7) is 0.653. The third kappa shape index (κ3) is 4.62. The van der Waals surface area contributed by atoms with Crippen LogP contribution >= 0.6 is 15.9 Å². The smallest absolute Gasteiger partial charge is 0.252 e. The number of halogens is 1. The fourth-order valence-electron chi connectivity index (χ4n) is 5.20. The molecule has 5 aromatic rings. The van der Waals surface area contributed by atoms with Gasteiger partial charge in [-0.05, 0) is 72.1 Å². The van der Waals surface area contributed by atoms with Crippen LogP contribution in [0.4, 0.5) is 0 Å². The van der Waals surface area contributed by atoms with Crippen molar-refractivity contribution in [3.63, 3.8) is 0 Å². The van der Waals surface area contributed by atoms with Gasteiger partial charge >= 0.3 is 0 Å². The maximum absolute atomic E-state index is 13.6. The van der Waals surface area contributed by atoms with Crippen molar-refractivity contribution in [1.29, 1.82) is 0 Å². The molecule has 0 unspecified atom stereocenters. The van der Waals surface area contributed by atoms with Crippen LogP contribution in [0, 0.1) is 0 Å². The minimum Gasteiger partial charge on any atom is -0.384 e. The highest BCUT2D eigenvalue weighted by molar-refractivity contribution is 9.10. The molecule has 2 N–H and O–H groups in total. The Bertz CT molecular complexity index is 1570. The molecule has 0 saturated heterocycles. The Balaban J connectivity index is 1.83. The molecule has 0 aliphatic carbocycles. The molecular formula is C31H29BrN2O2. The SMILES string of the molecule is CN(C)CC[C@](O)(c1cccc2ccccc12)[C@@H](c1ccccc1)c1cc2cc(Br)ccc2[nH]c1=O. The lowest BCUT2D eigenvalue weighted by Crippen LogP contribution is -2.39. The molecule has 1 heterocycles. The van der Waals surface area contributed by atoms with Crippen LogP contribution in [0.25, 0.3) is 21.7 Å². The second-order valence-electron chi connectivity index (χ2n) is 9.63. The van der Waals surface area contributed by atoms with Gasteiger partial charge in [0.15, 0.2) is 0 Å². The molecule has 0 fully saturated rings. The summed E-state index contributed by atoms with van der Waals surface area (Å²) in [5.41, 5.74) is 1.49. The molecule has 5 heteroatoms. The van der Waals surface area contributed by atoms with Crippen molar-refractivity contribution in [3.05, 3.63) is 129 Å². The number of pyridine rings is 1. The van der Waals surface area contributed by atoms with Crippen molar-refractivity contribution in [2.45, 2.75) is 17.9 Å². The molecule has 4 aromatic carbocycles. The molecule has 4 nitrogen and oxygen atoms in total. The average Bonchev–Trinajstić information content (AvgIpc) is 2.88. The molecule has 2 atom stereocenters. The Morgan fingerprint density at radius 2 is 1.61 bits per heavy atom.